The summed E-state index contributed by atoms with van der Waals surface area (Å²) >= 11 is 5.81. The van der Waals surface area contributed by atoms with Crippen molar-refractivity contribution in [2.24, 2.45) is 7.05 Å². The van der Waals surface area contributed by atoms with Crippen molar-refractivity contribution in [1.82, 2.24) is 9.88 Å². The van der Waals surface area contributed by atoms with Crippen molar-refractivity contribution in [2.75, 3.05) is 0 Å². The lowest BCUT2D eigenvalue weighted by atomic mass is 10.2. The van der Waals surface area contributed by atoms with E-state index in [2.05, 4.69) is 5.32 Å². The molecule has 1 fully saturated rings. The third-order valence-electron chi connectivity index (χ3n) is 3.54. The SMILES string of the molecule is CC(OC(=O)c1cc(Cl)cn1C)C(=O)NC1CCCC1. The van der Waals surface area contributed by atoms with Crippen LogP contribution in [0.1, 0.15) is 43.1 Å². The summed E-state index contributed by atoms with van der Waals surface area (Å²) in [5.74, 6) is -0.793. The Hall–Kier alpha value is -1.49. The van der Waals surface area contributed by atoms with Crippen LogP contribution in [-0.4, -0.2) is 28.6 Å². The first-order chi connectivity index (χ1) is 9.47. The lowest BCUT2D eigenvalue weighted by Gasteiger charge is -2.17. The second-order valence-corrected chi connectivity index (χ2v) is 5.63. The van der Waals surface area contributed by atoms with Gasteiger partial charge in [-0.2, -0.15) is 0 Å². The van der Waals surface area contributed by atoms with Crippen molar-refractivity contribution in [3.8, 4) is 0 Å². The van der Waals surface area contributed by atoms with Crippen molar-refractivity contribution >= 4 is 23.5 Å². The molecule has 1 aromatic heterocycles. The van der Waals surface area contributed by atoms with E-state index in [0.29, 0.717) is 10.7 Å². The molecule has 1 heterocycles. The smallest absolute Gasteiger partial charge is 0.355 e. The molecule has 0 radical (unpaired) electrons. The zero-order chi connectivity index (χ0) is 14.7. The Kier molecular flexibility index (Phi) is 4.70. The average molecular weight is 299 g/mol. The van der Waals surface area contributed by atoms with Crippen LogP contribution in [0, 0.1) is 0 Å². The predicted octanol–water partition coefficient (Wildman–Crippen LogP) is 2.28. The first-order valence-corrected chi connectivity index (χ1v) is 7.18. The zero-order valence-corrected chi connectivity index (χ0v) is 12.4. The summed E-state index contributed by atoms with van der Waals surface area (Å²) in [6.07, 6.45) is 5.08. The van der Waals surface area contributed by atoms with Gasteiger partial charge in [-0.25, -0.2) is 4.79 Å². The van der Waals surface area contributed by atoms with Gasteiger partial charge in [-0.1, -0.05) is 24.4 Å². The Bertz CT molecular complexity index is 507. The fourth-order valence-electron chi connectivity index (χ4n) is 2.39. The number of nitrogens with zero attached hydrogens (tertiary/aromatic N) is 1. The van der Waals surface area contributed by atoms with Crippen molar-refractivity contribution in [3.63, 3.8) is 0 Å². The molecule has 1 N–H and O–H groups in total. The molecule has 0 aromatic carbocycles. The summed E-state index contributed by atoms with van der Waals surface area (Å²) in [5.41, 5.74) is 0.329. The number of aromatic nitrogens is 1. The standard InChI is InChI=1S/C14H19ClN2O3/c1-9(13(18)16-11-5-3-4-6-11)20-14(19)12-7-10(15)8-17(12)2/h7-9,11H,3-6H2,1-2H3,(H,16,18). The lowest BCUT2D eigenvalue weighted by molar-refractivity contribution is -0.129. The van der Waals surface area contributed by atoms with Crippen LogP contribution in [0.4, 0.5) is 0 Å². The van der Waals surface area contributed by atoms with Crippen LogP contribution in [-0.2, 0) is 16.6 Å². The van der Waals surface area contributed by atoms with Gasteiger partial charge in [0.25, 0.3) is 5.91 Å². The number of nitrogens with one attached hydrogen (secondary N) is 1. The fraction of sp³-hybridized carbons (Fsp3) is 0.571. The largest absolute Gasteiger partial charge is 0.448 e. The normalized spacial score (nSPS) is 16.9. The Morgan fingerprint density at radius 1 is 1.45 bits per heavy atom. The van der Waals surface area contributed by atoms with Gasteiger partial charge in [-0.15, -0.1) is 0 Å². The van der Waals surface area contributed by atoms with E-state index in [1.807, 2.05) is 0 Å². The molecule has 0 aliphatic heterocycles. The molecule has 1 aliphatic rings. The summed E-state index contributed by atoms with van der Waals surface area (Å²) in [4.78, 5) is 23.9. The second kappa shape index (κ2) is 6.31. The quantitative estimate of drug-likeness (QED) is 0.868. The van der Waals surface area contributed by atoms with E-state index >= 15 is 0 Å². The van der Waals surface area contributed by atoms with Gasteiger partial charge in [-0.3, -0.25) is 4.79 Å². The molecular formula is C14H19ClN2O3. The molecule has 2 rings (SSSR count). The maximum absolute atomic E-state index is 11.9. The summed E-state index contributed by atoms with van der Waals surface area (Å²) < 4.78 is 6.75. The number of hydrogen-bond acceptors (Lipinski definition) is 3. The minimum atomic E-state index is -0.809. The van der Waals surface area contributed by atoms with Gasteiger partial charge in [0.1, 0.15) is 5.69 Å². The van der Waals surface area contributed by atoms with Crippen LogP contribution in [0.15, 0.2) is 12.3 Å². The van der Waals surface area contributed by atoms with Crippen LogP contribution >= 0.6 is 11.6 Å². The van der Waals surface area contributed by atoms with Gasteiger partial charge in [0.15, 0.2) is 6.10 Å². The molecule has 0 spiro atoms. The highest BCUT2D eigenvalue weighted by Crippen LogP contribution is 2.18. The number of esters is 1. The van der Waals surface area contributed by atoms with Gasteiger partial charge in [0.2, 0.25) is 0 Å². The van der Waals surface area contributed by atoms with Crippen LogP contribution in [0.25, 0.3) is 0 Å². The highest BCUT2D eigenvalue weighted by Gasteiger charge is 2.24. The predicted molar refractivity (Wildman–Crippen MR) is 75.7 cm³/mol. The molecular weight excluding hydrogens is 280 g/mol. The molecule has 1 saturated carbocycles. The molecule has 1 aliphatic carbocycles. The number of carbonyl (C=O) groups is 2. The van der Waals surface area contributed by atoms with Crippen molar-refractivity contribution in [2.45, 2.75) is 44.8 Å². The molecule has 110 valence electrons. The van der Waals surface area contributed by atoms with Crippen molar-refractivity contribution in [3.05, 3.63) is 23.0 Å². The molecule has 1 atom stereocenters. The second-order valence-electron chi connectivity index (χ2n) is 5.19. The number of hydrogen-bond donors (Lipinski definition) is 1. The van der Waals surface area contributed by atoms with E-state index in [0.717, 1.165) is 25.7 Å². The highest BCUT2D eigenvalue weighted by atomic mass is 35.5. The Morgan fingerprint density at radius 2 is 2.10 bits per heavy atom. The third-order valence-corrected chi connectivity index (χ3v) is 3.74. The topological polar surface area (TPSA) is 60.3 Å². The molecule has 5 nitrogen and oxygen atoms in total. The molecule has 6 heteroatoms. The van der Waals surface area contributed by atoms with E-state index in [1.54, 1.807) is 24.7 Å². The Labute approximate surface area is 123 Å². The monoisotopic (exact) mass is 298 g/mol. The number of carbonyl (C=O) groups excluding carboxylic acids is 2. The molecule has 0 saturated heterocycles. The van der Waals surface area contributed by atoms with E-state index < -0.39 is 12.1 Å². The molecule has 1 unspecified atom stereocenters. The first-order valence-electron chi connectivity index (χ1n) is 6.80. The van der Waals surface area contributed by atoms with Crippen LogP contribution in [0.3, 0.4) is 0 Å². The van der Waals surface area contributed by atoms with Crippen LogP contribution < -0.4 is 5.32 Å². The van der Waals surface area contributed by atoms with E-state index in [9.17, 15) is 9.59 Å². The fourth-order valence-corrected chi connectivity index (χ4v) is 2.64. The molecule has 20 heavy (non-hydrogen) atoms. The molecule has 1 amide bonds. The van der Waals surface area contributed by atoms with E-state index in [1.165, 1.54) is 6.07 Å². The summed E-state index contributed by atoms with van der Waals surface area (Å²) in [7, 11) is 1.70. The van der Waals surface area contributed by atoms with E-state index in [4.69, 9.17) is 16.3 Å². The van der Waals surface area contributed by atoms with Gasteiger partial charge < -0.3 is 14.6 Å². The van der Waals surface area contributed by atoms with Crippen LogP contribution in [0.5, 0.6) is 0 Å². The number of amides is 1. The van der Waals surface area contributed by atoms with E-state index in [-0.39, 0.29) is 11.9 Å². The van der Waals surface area contributed by atoms with Crippen molar-refractivity contribution in [1.29, 1.82) is 0 Å². The number of ether oxygens (including phenoxy) is 1. The zero-order valence-electron chi connectivity index (χ0n) is 11.7. The number of aryl methyl sites for hydroxylation is 1. The maximum Gasteiger partial charge on any atom is 0.355 e. The lowest BCUT2D eigenvalue weighted by Crippen LogP contribution is -2.41. The first kappa shape index (κ1) is 14.9. The number of halogens is 1. The number of rotatable bonds is 4. The highest BCUT2D eigenvalue weighted by molar-refractivity contribution is 6.30. The minimum absolute atomic E-state index is 0.216. The molecule has 0 bridgehead atoms. The Morgan fingerprint density at radius 3 is 2.65 bits per heavy atom. The minimum Gasteiger partial charge on any atom is -0.448 e. The average Bonchev–Trinajstić information content (AvgIpc) is 2.98. The summed E-state index contributed by atoms with van der Waals surface area (Å²) in [5, 5.41) is 3.37. The van der Waals surface area contributed by atoms with Crippen LogP contribution in [0.2, 0.25) is 5.02 Å². The maximum atomic E-state index is 11.9. The molecule has 1 aromatic rings. The third kappa shape index (κ3) is 3.54. The summed E-state index contributed by atoms with van der Waals surface area (Å²) in [6.45, 7) is 1.58. The van der Waals surface area contributed by atoms with Crippen molar-refractivity contribution < 1.29 is 14.3 Å². The Balaban J connectivity index is 1.89. The van der Waals surface area contributed by atoms with Gasteiger partial charge >= 0.3 is 5.97 Å². The van der Waals surface area contributed by atoms with Gasteiger partial charge in [0.05, 0.1) is 5.02 Å². The van der Waals surface area contributed by atoms with Gasteiger partial charge in [-0.05, 0) is 25.8 Å². The van der Waals surface area contributed by atoms with Gasteiger partial charge in [0, 0.05) is 19.3 Å². The summed E-state index contributed by atoms with van der Waals surface area (Å²) in [6, 6.07) is 1.74.